The minimum Gasteiger partial charge on any atom is -0.478 e. The Morgan fingerprint density at radius 1 is 1.13 bits per heavy atom. The summed E-state index contributed by atoms with van der Waals surface area (Å²) < 4.78 is 10.7. The maximum Gasteiger partial charge on any atom is 0.344 e. The van der Waals surface area contributed by atoms with Gasteiger partial charge in [-0.15, -0.1) is 0 Å². The van der Waals surface area contributed by atoms with Gasteiger partial charge in [-0.05, 0) is 44.2 Å². The number of anilines is 1. The average Bonchev–Trinajstić information content (AvgIpc) is 2.69. The third-order valence-corrected chi connectivity index (χ3v) is 4.78. The maximum atomic E-state index is 12.2. The van der Waals surface area contributed by atoms with E-state index in [0.717, 1.165) is 5.69 Å². The lowest BCUT2D eigenvalue weighted by Gasteiger charge is -2.15. The summed E-state index contributed by atoms with van der Waals surface area (Å²) in [6, 6.07) is 8.21. The molecule has 3 rings (SSSR count). The first-order chi connectivity index (χ1) is 14.2. The van der Waals surface area contributed by atoms with Gasteiger partial charge in [0.15, 0.2) is 18.5 Å². The summed E-state index contributed by atoms with van der Waals surface area (Å²) in [5.74, 6) is -0.817. The highest BCUT2D eigenvalue weighted by molar-refractivity contribution is 6.39. The van der Waals surface area contributed by atoms with Gasteiger partial charge in [0.1, 0.15) is 11.3 Å². The summed E-state index contributed by atoms with van der Waals surface area (Å²) in [6.45, 7) is 2.77. The SMILES string of the molecule is Cc1ccc2c(Cl)cc(Cl)c(OCC(=O)OC(C)C(=O)Nc3ccc(Cl)cn3)c2n1. The first-order valence-electron chi connectivity index (χ1n) is 8.74. The Bertz CT molecular complexity index is 1110. The topological polar surface area (TPSA) is 90.4 Å². The molecular formula is C20H16Cl3N3O4. The summed E-state index contributed by atoms with van der Waals surface area (Å²) >= 11 is 18.2. The number of nitrogens with zero attached hydrogens (tertiary/aromatic N) is 2. The second-order valence-corrected chi connectivity index (χ2v) is 7.54. The maximum absolute atomic E-state index is 12.2. The fourth-order valence-corrected chi connectivity index (χ4v) is 3.20. The number of fused-ring (bicyclic) bond motifs is 1. The molecule has 0 bridgehead atoms. The first-order valence-corrected chi connectivity index (χ1v) is 9.88. The number of ether oxygens (including phenoxy) is 2. The van der Waals surface area contributed by atoms with Gasteiger partial charge in [-0.2, -0.15) is 0 Å². The zero-order valence-corrected chi connectivity index (χ0v) is 18.2. The number of benzene rings is 1. The van der Waals surface area contributed by atoms with Crippen LogP contribution in [0.5, 0.6) is 5.75 Å². The van der Waals surface area contributed by atoms with E-state index >= 15 is 0 Å². The molecule has 3 aromatic rings. The van der Waals surface area contributed by atoms with Gasteiger partial charge < -0.3 is 14.8 Å². The molecule has 0 aliphatic rings. The molecule has 10 heteroatoms. The van der Waals surface area contributed by atoms with E-state index in [2.05, 4.69) is 15.3 Å². The Balaban J connectivity index is 1.63. The largest absolute Gasteiger partial charge is 0.478 e. The van der Waals surface area contributed by atoms with Crippen LogP contribution in [0.1, 0.15) is 12.6 Å². The molecule has 2 heterocycles. The molecule has 1 unspecified atom stereocenters. The van der Waals surface area contributed by atoms with Gasteiger partial charge in [-0.3, -0.25) is 4.79 Å². The molecule has 0 fully saturated rings. The lowest BCUT2D eigenvalue weighted by atomic mass is 10.2. The Labute approximate surface area is 187 Å². The number of pyridine rings is 2. The summed E-state index contributed by atoms with van der Waals surface area (Å²) in [6.07, 6.45) is 0.314. The summed E-state index contributed by atoms with van der Waals surface area (Å²) in [5, 5.41) is 4.21. The fourth-order valence-electron chi connectivity index (χ4n) is 2.52. The number of aromatic nitrogens is 2. The first kappa shape index (κ1) is 22.1. The van der Waals surface area contributed by atoms with E-state index in [-0.39, 0.29) is 16.6 Å². The van der Waals surface area contributed by atoms with Crippen molar-refractivity contribution in [3.8, 4) is 5.75 Å². The summed E-state index contributed by atoms with van der Waals surface area (Å²) in [4.78, 5) is 32.7. The molecule has 1 atom stereocenters. The van der Waals surface area contributed by atoms with Crippen LogP contribution in [0.4, 0.5) is 5.82 Å². The van der Waals surface area contributed by atoms with Crippen LogP contribution in [0.15, 0.2) is 36.5 Å². The van der Waals surface area contributed by atoms with E-state index in [0.29, 0.717) is 20.9 Å². The molecule has 0 aliphatic carbocycles. The number of aryl methyl sites for hydroxylation is 1. The second-order valence-electron chi connectivity index (χ2n) is 6.29. The summed E-state index contributed by atoms with van der Waals surface area (Å²) in [5.41, 5.74) is 1.16. The quantitative estimate of drug-likeness (QED) is 0.520. The van der Waals surface area contributed by atoms with Gasteiger partial charge in [0.05, 0.1) is 15.1 Å². The minimum atomic E-state index is -1.07. The predicted molar refractivity (Wildman–Crippen MR) is 115 cm³/mol. The molecule has 0 spiro atoms. The fraction of sp³-hybridized carbons (Fsp3) is 0.200. The van der Waals surface area contributed by atoms with Crippen molar-refractivity contribution >= 4 is 63.4 Å². The molecule has 0 saturated carbocycles. The van der Waals surface area contributed by atoms with Gasteiger partial charge in [0.25, 0.3) is 5.91 Å². The number of rotatable bonds is 6. The monoisotopic (exact) mass is 467 g/mol. The number of carbonyl (C=O) groups excluding carboxylic acids is 2. The van der Waals surface area contributed by atoms with Crippen molar-refractivity contribution in [2.45, 2.75) is 20.0 Å². The Hall–Kier alpha value is -2.61. The van der Waals surface area contributed by atoms with Crippen molar-refractivity contribution in [3.05, 3.63) is 57.3 Å². The highest BCUT2D eigenvalue weighted by atomic mass is 35.5. The number of amides is 1. The number of esters is 1. The van der Waals surface area contributed by atoms with Gasteiger partial charge >= 0.3 is 5.97 Å². The third-order valence-electron chi connectivity index (χ3n) is 3.97. The third kappa shape index (κ3) is 5.30. The number of nitrogens with one attached hydrogen (secondary N) is 1. The lowest BCUT2D eigenvalue weighted by molar-refractivity contribution is -0.155. The molecule has 1 amide bonds. The van der Waals surface area contributed by atoms with E-state index in [1.165, 1.54) is 25.3 Å². The highest BCUT2D eigenvalue weighted by Crippen LogP contribution is 2.37. The van der Waals surface area contributed by atoms with E-state index in [1.54, 1.807) is 18.2 Å². The average molecular weight is 469 g/mol. The van der Waals surface area contributed by atoms with Crippen LogP contribution in [0.25, 0.3) is 10.9 Å². The second kappa shape index (κ2) is 9.47. The van der Waals surface area contributed by atoms with Crippen LogP contribution in [0, 0.1) is 6.92 Å². The molecule has 0 radical (unpaired) electrons. The van der Waals surface area contributed by atoms with Gasteiger partial charge in [0, 0.05) is 17.3 Å². The Morgan fingerprint density at radius 3 is 2.60 bits per heavy atom. The van der Waals surface area contributed by atoms with Crippen LogP contribution in [0.3, 0.4) is 0 Å². The number of hydrogen-bond acceptors (Lipinski definition) is 6. The van der Waals surface area contributed by atoms with Gasteiger partial charge in [-0.25, -0.2) is 14.8 Å². The standard InChI is InChI=1S/C20H16Cl3N3O4/c1-10-3-5-13-14(22)7-15(23)19(18(13)25-10)29-9-17(27)30-11(2)20(28)26-16-6-4-12(21)8-24-16/h3-8,11H,9H2,1-2H3,(H,24,26,28). The molecule has 0 saturated heterocycles. The van der Waals surface area contributed by atoms with Crippen LogP contribution in [-0.4, -0.2) is 34.6 Å². The number of halogens is 3. The van der Waals surface area contributed by atoms with Crippen LogP contribution >= 0.6 is 34.8 Å². The van der Waals surface area contributed by atoms with Crippen molar-refractivity contribution in [1.29, 1.82) is 0 Å². The molecule has 2 aromatic heterocycles. The molecule has 30 heavy (non-hydrogen) atoms. The number of carbonyl (C=O) groups is 2. The zero-order chi connectivity index (χ0) is 21.8. The molecular weight excluding hydrogens is 453 g/mol. The molecule has 156 valence electrons. The van der Waals surface area contributed by atoms with E-state index in [1.807, 2.05) is 6.92 Å². The normalized spacial score (nSPS) is 11.8. The van der Waals surface area contributed by atoms with E-state index < -0.39 is 24.6 Å². The van der Waals surface area contributed by atoms with Crippen LogP contribution in [-0.2, 0) is 14.3 Å². The minimum absolute atomic E-state index is 0.206. The van der Waals surface area contributed by atoms with Crippen LogP contribution < -0.4 is 10.1 Å². The van der Waals surface area contributed by atoms with Crippen molar-refractivity contribution in [2.24, 2.45) is 0 Å². The van der Waals surface area contributed by atoms with Crippen molar-refractivity contribution < 1.29 is 19.1 Å². The number of hydrogen-bond donors (Lipinski definition) is 1. The predicted octanol–water partition coefficient (Wildman–Crippen LogP) is 4.85. The van der Waals surface area contributed by atoms with E-state index in [4.69, 9.17) is 44.3 Å². The summed E-state index contributed by atoms with van der Waals surface area (Å²) in [7, 11) is 0. The van der Waals surface area contributed by atoms with Crippen molar-refractivity contribution in [2.75, 3.05) is 11.9 Å². The molecule has 1 aromatic carbocycles. The Kier molecular flexibility index (Phi) is 6.97. The van der Waals surface area contributed by atoms with Crippen molar-refractivity contribution in [3.63, 3.8) is 0 Å². The van der Waals surface area contributed by atoms with Crippen LogP contribution in [0.2, 0.25) is 15.1 Å². The Morgan fingerprint density at radius 2 is 1.90 bits per heavy atom. The zero-order valence-electron chi connectivity index (χ0n) is 15.9. The smallest absolute Gasteiger partial charge is 0.344 e. The van der Waals surface area contributed by atoms with Gasteiger partial charge in [0.2, 0.25) is 0 Å². The molecule has 1 N–H and O–H groups in total. The van der Waals surface area contributed by atoms with Crippen molar-refractivity contribution in [1.82, 2.24) is 9.97 Å². The van der Waals surface area contributed by atoms with Gasteiger partial charge in [-0.1, -0.05) is 34.8 Å². The van der Waals surface area contributed by atoms with E-state index in [9.17, 15) is 9.59 Å². The lowest BCUT2D eigenvalue weighted by Crippen LogP contribution is -2.32. The molecule has 7 nitrogen and oxygen atoms in total. The molecule has 0 aliphatic heterocycles. The highest BCUT2D eigenvalue weighted by Gasteiger charge is 2.20.